The molecule has 1 spiro atoms. The van der Waals surface area contributed by atoms with Crippen LogP contribution in [0.3, 0.4) is 0 Å². The average molecular weight is 356 g/mol. The molecule has 0 aromatic carbocycles. The molecule has 4 aliphatic carbocycles. The minimum atomic E-state index is -0.410. The van der Waals surface area contributed by atoms with E-state index in [-0.39, 0.29) is 29.7 Å². The van der Waals surface area contributed by atoms with Crippen LogP contribution in [0.1, 0.15) is 51.9 Å². The van der Waals surface area contributed by atoms with Crippen LogP contribution in [-0.2, 0) is 14.3 Å². The van der Waals surface area contributed by atoms with Crippen molar-refractivity contribution in [3.8, 4) is 0 Å². The second-order valence-electron chi connectivity index (χ2n) is 9.44. The lowest BCUT2D eigenvalue weighted by Gasteiger charge is -2.56. The molecule has 5 aliphatic rings. The molecular formula is C22H28O4. The van der Waals surface area contributed by atoms with Crippen molar-refractivity contribution >= 4 is 11.8 Å². The molecule has 26 heavy (non-hydrogen) atoms. The number of fused-ring (bicyclic) bond motifs is 6. The Morgan fingerprint density at radius 3 is 2.77 bits per heavy atom. The summed E-state index contributed by atoms with van der Waals surface area (Å²) in [4.78, 5) is 23.8. The number of carbonyl (C=O) groups is 2. The number of aliphatic hydroxyl groups is 1. The highest BCUT2D eigenvalue weighted by molar-refractivity contribution is 5.91. The maximum atomic E-state index is 12.0. The Balaban J connectivity index is 1.50. The summed E-state index contributed by atoms with van der Waals surface area (Å²) < 4.78 is 5.88. The summed E-state index contributed by atoms with van der Waals surface area (Å²) in [6.07, 6.45) is 12.3. The fraction of sp³-hybridized carbons (Fsp3) is 0.727. The second kappa shape index (κ2) is 5.54. The smallest absolute Gasteiger partial charge is 0.331 e. The lowest BCUT2D eigenvalue weighted by molar-refractivity contribution is -0.161. The van der Waals surface area contributed by atoms with Crippen LogP contribution in [0.5, 0.6) is 0 Å². The van der Waals surface area contributed by atoms with Gasteiger partial charge in [0.25, 0.3) is 0 Å². The normalized spacial score (nSPS) is 49.5. The van der Waals surface area contributed by atoms with Crippen molar-refractivity contribution in [1.82, 2.24) is 0 Å². The van der Waals surface area contributed by atoms with E-state index in [1.54, 1.807) is 6.08 Å². The van der Waals surface area contributed by atoms with Crippen molar-refractivity contribution in [3.05, 3.63) is 23.8 Å². The Hall–Kier alpha value is -1.42. The number of carbonyl (C=O) groups excluding carboxylic acids is 2. The van der Waals surface area contributed by atoms with E-state index in [4.69, 9.17) is 4.74 Å². The van der Waals surface area contributed by atoms with Gasteiger partial charge in [0.05, 0.1) is 0 Å². The van der Waals surface area contributed by atoms with Crippen LogP contribution in [0.25, 0.3) is 0 Å². The van der Waals surface area contributed by atoms with Crippen molar-refractivity contribution < 1.29 is 19.4 Å². The molecule has 140 valence electrons. The molecule has 0 saturated heterocycles. The van der Waals surface area contributed by atoms with Crippen molar-refractivity contribution in [3.63, 3.8) is 0 Å². The molecule has 1 aliphatic heterocycles. The maximum absolute atomic E-state index is 12.0. The quantitative estimate of drug-likeness (QED) is 0.733. The molecular weight excluding hydrogens is 328 g/mol. The van der Waals surface area contributed by atoms with Crippen LogP contribution in [-0.4, -0.2) is 29.1 Å². The standard InChI is InChI=1S/C22H28O4/c1-21-7-4-16-15-3-2-14(24)11-17(15)13(12-23)10-18(16)19(21)5-8-22(21)9-6-20(25)26-22/h6,9,11,13,15-16,18-19,23H,2-5,7-8,10,12H2,1H3/t13-,15+,16?,18?,19?,21-,22+/m0/s1. The van der Waals surface area contributed by atoms with Gasteiger partial charge < -0.3 is 9.84 Å². The molecule has 4 heteroatoms. The number of hydrogen-bond donors (Lipinski definition) is 1. The largest absolute Gasteiger partial charge is 0.451 e. The highest BCUT2D eigenvalue weighted by Gasteiger charge is 2.65. The molecule has 1 heterocycles. The van der Waals surface area contributed by atoms with E-state index in [9.17, 15) is 14.7 Å². The Bertz CT molecular complexity index is 722. The molecule has 4 nitrogen and oxygen atoms in total. The lowest BCUT2D eigenvalue weighted by Crippen LogP contribution is -2.53. The monoisotopic (exact) mass is 356 g/mol. The van der Waals surface area contributed by atoms with Crippen LogP contribution < -0.4 is 0 Å². The summed E-state index contributed by atoms with van der Waals surface area (Å²) in [6, 6.07) is 0. The van der Waals surface area contributed by atoms with E-state index < -0.39 is 5.60 Å². The number of ether oxygens (including phenoxy) is 1. The Kier molecular flexibility index (Phi) is 3.57. The Labute approximate surface area is 154 Å². The van der Waals surface area contributed by atoms with Crippen molar-refractivity contribution in [2.24, 2.45) is 35.0 Å². The predicted molar refractivity (Wildman–Crippen MR) is 96.0 cm³/mol. The van der Waals surface area contributed by atoms with E-state index in [2.05, 4.69) is 6.92 Å². The van der Waals surface area contributed by atoms with Crippen LogP contribution in [0.15, 0.2) is 23.8 Å². The summed E-state index contributed by atoms with van der Waals surface area (Å²) in [7, 11) is 0. The minimum Gasteiger partial charge on any atom is -0.451 e. The van der Waals surface area contributed by atoms with Crippen molar-refractivity contribution in [2.75, 3.05) is 6.61 Å². The van der Waals surface area contributed by atoms with Crippen LogP contribution in [0.4, 0.5) is 0 Å². The first kappa shape index (κ1) is 16.7. The molecule has 3 fully saturated rings. The summed E-state index contributed by atoms with van der Waals surface area (Å²) in [5, 5.41) is 10.0. The van der Waals surface area contributed by atoms with Gasteiger partial charge in [-0.3, -0.25) is 4.79 Å². The first-order chi connectivity index (χ1) is 12.5. The minimum absolute atomic E-state index is 0.00252. The topological polar surface area (TPSA) is 63.6 Å². The third-order valence-electron chi connectivity index (χ3n) is 8.67. The van der Waals surface area contributed by atoms with Crippen molar-refractivity contribution in [2.45, 2.75) is 57.5 Å². The number of aliphatic hydroxyl groups excluding tert-OH is 1. The van der Waals surface area contributed by atoms with E-state index >= 15 is 0 Å². The van der Waals surface area contributed by atoms with Gasteiger partial charge in [-0.1, -0.05) is 12.5 Å². The average Bonchev–Trinajstić information content (AvgIpc) is 3.15. The predicted octanol–water partition coefficient (Wildman–Crippen LogP) is 3.20. The van der Waals surface area contributed by atoms with Gasteiger partial charge in [0.2, 0.25) is 0 Å². The van der Waals surface area contributed by atoms with E-state index in [1.165, 1.54) is 5.57 Å². The zero-order valence-corrected chi connectivity index (χ0v) is 15.4. The number of rotatable bonds is 1. The molecule has 5 rings (SSSR count). The van der Waals surface area contributed by atoms with Gasteiger partial charge in [-0.05, 0) is 74.3 Å². The van der Waals surface area contributed by atoms with Crippen LogP contribution in [0.2, 0.25) is 0 Å². The van der Waals surface area contributed by atoms with Crippen LogP contribution in [0, 0.1) is 35.0 Å². The van der Waals surface area contributed by atoms with Gasteiger partial charge in [0.1, 0.15) is 5.60 Å². The van der Waals surface area contributed by atoms with Gasteiger partial charge in [0.15, 0.2) is 5.78 Å². The zero-order valence-electron chi connectivity index (χ0n) is 15.4. The summed E-state index contributed by atoms with van der Waals surface area (Å²) in [5.74, 6) is 2.35. The summed E-state index contributed by atoms with van der Waals surface area (Å²) in [5.41, 5.74) is 0.823. The summed E-state index contributed by atoms with van der Waals surface area (Å²) >= 11 is 0. The van der Waals surface area contributed by atoms with Gasteiger partial charge >= 0.3 is 5.97 Å². The number of esters is 1. The number of hydrogen-bond acceptors (Lipinski definition) is 4. The Morgan fingerprint density at radius 1 is 1.19 bits per heavy atom. The van der Waals surface area contributed by atoms with Gasteiger partial charge in [-0.15, -0.1) is 0 Å². The molecule has 1 N–H and O–H groups in total. The van der Waals surface area contributed by atoms with Gasteiger partial charge in [0, 0.05) is 30.4 Å². The third-order valence-corrected chi connectivity index (χ3v) is 8.67. The van der Waals surface area contributed by atoms with E-state index in [0.29, 0.717) is 30.1 Å². The second-order valence-corrected chi connectivity index (χ2v) is 9.44. The van der Waals surface area contributed by atoms with Crippen LogP contribution >= 0.6 is 0 Å². The Morgan fingerprint density at radius 2 is 2.04 bits per heavy atom. The lowest BCUT2D eigenvalue weighted by atomic mass is 9.49. The third kappa shape index (κ3) is 2.05. The van der Waals surface area contributed by atoms with E-state index in [0.717, 1.165) is 38.5 Å². The molecule has 0 amide bonds. The SMILES string of the molecule is C[C@]12CCC3C(C[C@@H](CO)C4=CC(=O)CC[C@@H]43)C1CC[C@@]21C=CC(=O)O1. The molecule has 0 aromatic heterocycles. The van der Waals surface area contributed by atoms with E-state index in [1.807, 2.05) is 12.2 Å². The first-order valence-electron chi connectivity index (χ1n) is 10.2. The van der Waals surface area contributed by atoms with Gasteiger partial charge in [-0.25, -0.2) is 4.79 Å². The molecule has 0 aromatic rings. The zero-order chi connectivity index (χ0) is 18.1. The maximum Gasteiger partial charge on any atom is 0.331 e. The number of ketones is 1. The highest BCUT2D eigenvalue weighted by Crippen LogP contribution is 2.67. The fourth-order valence-corrected chi connectivity index (χ4v) is 7.44. The molecule has 3 unspecified atom stereocenters. The summed E-state index contributed by atoms with van der Waals surface area (Å²) in [6.45, 7) is 2.47. The highest BCUT2D eigenvalue weighted by atomic mass is 16.6. The molecule has 0 bridgehead atoms. The van der Waals surface area contributed by atoms with Gasteiger partial charge in [-0.2, -0.15) is 0 Å². The first-order valence-corrected chi connectivity index (χ1v) is 10.2. The fourth-order valence-electron chi connectivity index (χ4n) is 7.44. The molecule has 3 saturated carbocycles. The molecule has 0 radical (unpaired) electrons. The van der Waals surface area contributed by atoms with Crippen molar-refractivity contribution in [1.29, 1.82) is 0 Å². The molecule has 7 atom stereocenters.